The van der Waals surface area contributed by atoms with Crippen LogP contribution in [-0.2, 0) is 20.9 Å². The van der Waals surface area contributed by atoms with Crippen LogP contribution in [-0.4, -0.2) is 60.6 Å². The predicted octanol–water partition coefficient (Wildman–Crippen LogP) is 0.545. The van der Waals surface area contributed by atoms with Gasteiger partial charge in [-0.05, 0) is 18.9 Å². The lowest BCUT2D eigenvalue weighted by atomic mass is 10.1. The summed E-state index contributed by atoms with van der Waals surface area (Å²) < 4.78 is 5.40. The van der Waals surface area contributed by atoms with E-state index >= 15 is 0 Å². The number of ether oxygens (including phenoxy) is 1. The first kappa shape index (κ1) is 16.3. The van der Waals surface area contributed by atoms with Gasteiger partial charge in [-0.15, -0.1) is 0 Å². The summed E-state index contributed by atoms with van der Waals surface area (Å²) in [5.41, 5.74) is 1.00. The molecule has 7 nitrogen and oxygen atoms in total. The molecule has 25 heavy (non-hydrogen) atoms. The Balaban J connectivity index is 1.36. The number of carbonyl (C=O) groups is 2. The maximum atomic E-state index is 12.5. The van der Waals surface area contributed by atoms with Crippen molar-refractivity contribution in [2.45, 2.75) is 31.8 Å². The van der Waals surface area contributed by atoms with Crippen LogP contribution in [0.1, 0.15) is 24.8 Å². The highest BCUT2D eigenvalue weighted by Gasteiger charge is 2.41. The lowest BCUT2D eigenvalue weighted by molar-refractivity contribution is -0.129. The molecular formula is C18H24N4O3. The van der Waals surface area contributed by atoms with Crippen LogP contribution in [0.25, 0.3) is 0 Å². The topological polar surface area (TPSA) is 74.8 Å². The molecule has 2 saturated heterocycles. The maximum absolute atomic E-state index is 12.5. The van der Waals surface area contributed by atoms with Crippen molar-refractivity contribution in [1.29, 1.82) is 0 Å². The Morgan fingerprint density at radius 1 is 1.32 bits per heavy atom. The monoisotopic (exact) mass is 344 g/mol. The zero-order chi connectivity index (χ0) is 17.2. The summed E-state index contributed by atoms with van der Waals surface area (Å²) in [6.45, 7) is 4.02. The van der Waals surface area contributed by atoms with Crippen molar-refractivity contribution in [2.24, 2.45) is 5.92 Å². The van der Waals surface area contributed by atoms with Crippen molar-refractivity contribution in [3.8, 4) is 0 Å². The highest BCUT2D eigenvalue weighted by molar-refractivity contribution is 5.89. The lowest BCUT2D eigenvalue weighted by Gasteiger charge is -2.29. The summed E-state index contributed by atoms with van der Waals surface area (Å²) >= 11 is 0. The fourth-order valence-corrected chi connectivity index (χ4v) is 3.60. The van der Waals surface area contributed by atoms with Crippen molar-refractivity contribution < 1.29 is 14.3 Å². The third-order valence-electron chi connectivity index (χ3n) is 5.15. The zero-order valence-electron chi connectivity index (χ0n) is 14.3. The van der Waals surface area contributed by atoms with Gasteiger partial charge in [0.1, 0.15) is 5.82 Å². The number of rotatable bonds is 5. The Hall–Kier alpha value is -2.15. The summed E-state index contributed by atoms with van der Waals surface area (Å²) in [4.78, 5) is 33.1. The number of likely N-dealkylation sites (tertiary alicyclic amines) is 1. The van der Waals surface area contributed by atoms with Crippen LogP contribution >= 0.6 is 0 Å². The van der Waals surface area contributed by atoms with E-state index in [-0.39, 0.29) is 17.7 Å². The van der Waals surface area contributed by atoms with Crippen LogP contribution in [0.4, 0.5) is 5.82 Å². The second-order valence-corrected chi connectivity index (χ2v) is 6.98. The number of aromatic nitrogens is 1. The second kappa shape index (κ2) is 7.00. The Labute approximate surface area is 147 Å². The van der Waals surface area contributed by atoms with Crippen molar-refractivity contribution in [2.75, 3.05) is 37.7 Å². The minimum absolute atomic E-state index is 0.0340. The predicted molar refractivity (Wildman–Crippen MR) is 92.0 cm³/mol. The van der Waals surface area contributed by atoms with E-state index < -0.39 is 0 Å². The van der Waals surface area contributed by atoms with Crippen LogP contribution in [0.5, 0.6) is 0 Å². The van der Waals surface area contributed by atoms with E-state index in [1.54, 1.807) is 6.20 Å². The molecule has 1 unspecified atom stereocenters. The molecule has 3 heterocycles. The molecule has 4 rings (SSSR count). The normalized spacial score (nSPS) is 23.8. The smallest absolute Gasteiger partial charge is 0.225 e. The van der Waals surface area contributed by atoms with E-state index in [9.17, 15) is 9.59 Å². The molecule has 134 valence electrons. The van der Waals surface area contributed by atoms with Gasteiger partial charge in [0.15, 0.2) is 0 Å². The first-order valence-corrected chi connectivity index (χ1v) is 9.06. The van der Waals surface area contributed by atoms with Crippen LogP contribution in [0.2, 0.25) is 0 Å². The van der Waals surface area contributed by atoms with Crippen molar-refractivity contribution >= 4 is 17.6 Å². The molecule has 0 radical (unpaired) electrons. The van der Waals surface area contributed by atoms with Gasteiger partial charge in [-0.3, -0.25) is 9.59 Å². The lowest BCUT2D eigenvalue weighted by Crippen LogP contribution is -2.38. The van der Waals surface area contributed by atoms with Gasteiger partial charge in [-0.25, -0.2) is 4.98 Å². The van der Waals surface area contributed by atoms with E-state index in [0.29, 0.717) is 38.8 Å². The number of hydrogen-bond acceptors (Lipinski definition) is 5. The number of nitrogens with zero attached hydrogens (tertiary/aromatic N) is 3. The fourth-order valence-electron chi connectivity index (χ4n) is 3.60. The first-order chi connectivity index (χ1) is 12.2. The Morgan fingerprint density at radius 2 is 2.12 bits per heavy atom. The van der Waals surface area contributed by atoms with Crippen molar-refractivity contribution in [1.82, 2.24) is 15.2 Å². The summed E-state index contributed by atoms with van der Waals surface area (Å²) in [5.74, 6) is 0.774. The molecule has 0 aromatic carbocycles. The number of nitrogens with one attached hydrogen (secondary N) is 1. The molecule has 2 aliphatic heterocycles. The molecule has 2 amide bonds. The van der Waals surface area contributed by atoms with Crippen LogP contribution in [0.3, 0.4) is 0 Å². The van der Waals surface area contributed by atoms with Crippen LogP contribution < -0.4 is 10.2 Å². The number of morpholine rings is 1. The van der Waals surface area contributed by atoms with Crippen molar-refractivity contribution in [3.63, 3.8) is 0 Å². The molecule has 1 atom stereocenters. The maximum Gasteiger partial charge on any atom is 0.225 e. The highest BCUT2D eigenvalue weighted by Crippen LogP contribution is 2.32. The molecule has 1 aromatic heterocycles. The van der Waals surface area contributed by atoms with Gasteiger partial charge in [0.2, 0.25) is 11.8 Å². The van der Waals surface area contributed by atoms with Gasteiger partial charge in [0.25, 0.3) is 0 Å². The number of carbonyl (C=O) groups excluding carboxylic acids is 2. The largest absolute Gasteiger partial charge is 0.378 e. The SMILES string of the molecule is O=C(NCc1cccnc1N1CCOCC1)C1CC(=O)N(C2CC2)C1. The van der Waals surface area contributed by atoms with Gasteiger partial charge in [-0.2, -0.15) is 0 Å². The number of hydrogen-bond donors (Lipinski definition) is 1. The molecule has 7 heteroatoms. The Morgan fingerprint density at radius 3 is 2.88 bits per heavy atom. The van der Waals surface area contributed by atoms with Crippen LogP contribution in [0.15, 0.2) is 18.3 Å². The van der Waals surface area contributed by atoms with E-state index in [4.69, 9.17) is 4.74 Å². The Bertz CT molecular complexity index is 655. The van der Waals surface area contributed by atoms with Gasteiger partial charge >= 0.3 is 0 Å². The summed E-state index contributed by atoms with van der Waals surface area (Å²) in [6.07, 6.45) is 4.28. The average Bonchev–Trinajstić information content (AvgIpc) is 3.42. The summed E-state index contributed by atoms with van der Waals surface area (Å²) in [7, 11) is 0. The average molecular weight is 344 g/mol. The number of anilines is 1. The molecule has 1 saturated carbocycles. The standard InChI is InChI=1S/C18H24N4O3/c23-16-10-14(12-22(16)15-3-4-15)18(24)20-11-13-2-1-5-19-17(13)21-6-8-25-9-7-21/h1-2,5,14-15H,3-4,6-12H2,(H,20,24). The summed E-state index contributed by atoms with van der Waals surface area (Å²) in [5, 5.41) is 3.01. The highest BCUT2D eigenvalue weighted by atomic mass is 16.5. The molecule has 1 N–H and O–H groups in total. The van der Waals surface area contributed by atoms with Crippen molar-refractivity contribution in [3.05, 3.63) is 23.9 Å². The quantitative estimate of drug-likeness (QED) is 0.844. The van der Waals surface area contributed by atoms with E-state index in [1.807, 2.05) is 17.0 Å². The van der Waals surface area contributed by atoms with E-state index in [2.05, 4.69) is 15.2 Å². The van der Waals surface area contributed by atoms with Gasteiger partial charge in [0.05, 0.1) is 19.1 Å². The Kier molecular flexibility index (Phi) is 4.57. The second-order valence-electron chi connectivity index (χ2n) is 6.98. The third kappa shape index (κ3) is 3.61. The summed E-state index contributed by atoms with van der Waals surface area (Å²) in [6, 6.07) is 4.27. The minimum atomic E-state index is -0.225. The molecule has 0 bridgehead atoms. The molecule has 0 spiro atoms. The van der Waals surface area contributed by atoms with E-state index in [1.165, 1.54) is 0 Å². The van der Waals surface area contributed by atoms with Gasteiger partial charge < -0.3 is 19.9 Å². The fraction of sp³-hybridized carbons (Fsp3) is 0.611. The molecular weight excluding hydrogens is 320 g/mol. The number of amides is 2. The molecule has 1 aliphatic carbocycles. The third-order valence-corrected chi connectivity index (χ3v) is 5.15. The van der Waals surface area contributed by atoms with E-state index in [0.717, 1.165) is 37.3 Å². The van der Waals surface area contributed by atoms with Gasteiger partial charge in [-0.1, -0.05) is 6.07 Å². The molecule has 3 fully saturated rings. The molecule has 1 aromatic rings. The zero-order valence-corrected chi connectivity index (χ0v) is 14.3. The first-order valence-electron chi connectivity index (χ1n) is 9.06. The van der Waals surface area contributed by atoms with Gasteiger partial charge in [0, 0.05) is 50.4 Å². The minimum Gasteiger partial charge on any atom is -0.378 e. The van der Waals surface area contributed by atoms with Crippen LogP contribution in [0, 0.1) is 5.92 Å². The molecule has 3 aliphatic rings. The number of pyridine rings is 1.